The van der Waals surface area contributed by atoms with E-state index < -0.39 is 0 Å². The van der Waals surface area contributed by atoms with E-state index in [1.807, 2.05) is 48.7 Å². The zero-order valence-corrected chi connectivity index (χ0v) is 12.5. The summed E-state index contributed by atoms with van der Waals surface area (Å²) in [5.41, 5.74) is 2.49. The lowest BCUT2D eigenvalue weighted by molar-refractivity contribution is 0.771. The van der Waals surface area contributed by atoms with Crippen LogP contribution in [0.15, 0.2) is 64.6 Å². The number of aromatic amines is 1. The van der Waals surface area contributed by atoms with Gasteiger partial charge in [0.25, 0.3) is 5.56 Å². The van der Waals surface area contributed by atoms with Gasteiger partial charge in [0.2, 0.25) is 0 Å². The van der Waals surface area contributed by atoms with Gasteiger partial charge in [0, 0.05) is 22.7 Å². The molecule has 2 aromatic carbocycles. The van der Waals surface area contributed by atoms with Crippen LogP contribution < -0.4 is 5.56 Å². The fourth-order valence-corrected chi connectivity index (χ4v) is 2.69. The fraction of sp³-hybridized carbons (Fsp3) is 0.0556. The van der Waals surface area contributed by atoms with Crippen molar-refractivity contribution in [1.29, 1.82) is 0 Å². The molecule has 0 unspecified atom stereocenters. The van der Waals surface area contributed by atoms with E-state index in [2.05, 4.69) is 15.1 Å². The number of para-hydroxylation sites is 2. The van der Waals surface area contributed by atoms with Gasteiger partial charge in [-0.1, -0.05) is 30.3 Å². The first kappa shape index (κ1) is 13.5. The molecule has 0 bridgehead atoms. The van der Waals surface area contributed by atoms with Crippen LogP contribution in [0.1, 0.15) is 11.4 Å². The average Bonchev–Trinajstić information content (AvgIpc) is 2.98. The van der Waals surface area contributed by atoms with Crippen LogP contribution in [0, 0.1) is 6.92 Å². The Balaban J connectivity index is 1.85. The van der Waals surface area contributed by atoms with Crippen LogP contribution in [-0.2, 0) is 0 Å². The van der Waals surface area contributed by atoms with Crippen molar-refractivity contribution in [3.63, 3.8) is 0 Å². The molecule has 4 aromatic rings. The lowest BCUT2D eigenvalue weighted by Gasteiger charge is -2.04. The maximum atomic E-state index is 12.6. The summed E-state index contributed by atoms with van der Waals surface area (Å²) in [5.74, 6) is 0.560. The number of H-pyrrole nitrogens is 1. The first-order valence-electron chi connectivity index (χ1n) is 7.33. The third-order valence-corrected chi connectivity index (χ3v) is 3.85. The molecule has 0 saturated heterocycles. The summed E-state index contributed by atoms with van der Waals surface area (Å²) >= 11 is 0. The summed E-state index contributed by atoms with van der Waals surface area (Å²) in [4.78, 5) is 20.2. The molecule has 5 heteroatoms. The Kier molecular flexibility index (Phi) is 3.05. The van der Waals surface area contributed by atoms with Crippen molar-refractivity contribution in [2.45, 2.75) is 6.92 Å². The molecular formula is C18H14N4O. The standard InChI is InChI=1S/C18H14N4O/c1-12-21-17-9-5-3-7-15(17)18(23)22(12)20-11-13-10-19-16-8-4-2-6-14(13)16/h2-11,19H,1H3/b20-11-. The van der Waals surface area contributed by atoms with Gasteiger partial charge >= 0.3 is 0 Å². The fourth-order valence-electron chi connectivity index (χ4n) is 2.69. The Labute approximate surface area is 131 Å². The summed E-state index contributed by atoms with van der Waals surface area (Å²) in [6.45, 7) is 1.78. The summed E-state index contributed by atoms with van der Waals surface area (Å²) in [6, 6.07) is 15.3. The minimum absolute atomic E-state index is 0.163. The normalized spacial score (nSPS) is 11.7. The van der Waals surface area contributed by atoms with E-state index in [-0.39, 0.29) is 5.56 Å². The van der Waals surface area contributed by atoms with Crippen LogP contribution in [0.4, 0.5) is 0 Å². The number of nitrogens with one attached hydrogen (secondary N) is 1. The second-order valence-corrected chi connectivity index (χ2v) is 5.33. The topological polar surface area (TPSA) is 63.0 Å². The smallest absolute Gasteiger partial charge is 0.282 e. The molecule has 23 heavy (non-hydrogen) atoms. The Hall–Kier alpha value is -3.21. The molecule has 112 valence electrons. The average molecular weight is 302 g/mol. The van der Waals surface area contributed by atoms with Gasteiger partial charge in [-0.3, -0.25) is 4.79 Å². The van der Waals surface area contributed by atoms with Crippen molar-refractivity contribution in [3.8, 4) is 0 Å². The largest absolute Gasteiger partial charge is 0.361 e. The van der Waals surface area contributed by atoms with Crippen LogP contribution in [-0.4, -0.2) is 20.9 Å². The zero-order valence-electron chi connectivity index (χ0n) is 12.5. The maximum Gasteiger partial charge on any atom is 0.282 e. The first-order valence-corrected chi connectivity index (χ1v) is 7.33. The second kappa shape index (κ2) is 5.21. The van der Waals surface area contributed by atoms with Gasteiger partial charge < -0.3 is 4.98 Å². The summed E-state index contributed by atoms with van der Waals surface area (Å²) in [6.07, 6.45) is 3.56. The SMILES string of the molecule is Cc1nc2ccccc2c(=O)n1/N=C\c1c[nH]c2ccccc12. The van der Waals surface area contributed by atoms with Crippen LogP contribution in [0.3, 0.4) is 0 Å². The molecular weight excluding hydrogens is 288 g/mol. The predicted octanol–water partition coefficient (Wildman–Crippen LogP) is 3.07. The molecule has 0 radical (unpaired) electrons. The number of rotatable bonds is 2. The molecule has 2 heterocycles. The van der Waals surface area contributed by atoms with Gasteiger partial charge in [-0.25, -0.2) is 4.98 Å². The van der Waals surface area contributed by atoms with Crippen molar-refractivity contribution in [1.82, 2.24) is 14.6 Å². The van der Waals surface area contributed by atoms with E-state index in [1.165, 1.54) is 4.68 Å². The van der Waals surface area contributed by atoms with Gasteiger partial charge in [0.1, 0.15) is 5.82 Å². The van der Waals surface area contributed by atoms with Gasteiger partial charge in [-0.2, -0.15) is 9.78 Å². The number of hydrogen-bond acceptors (Lipinski definition) is 3. The number of aryl methyl sites for hydroxylation is 1. The summed E-state index contributed by atoms with van der Waals surface area (Å²) < 4.78 is 1.34. The number of fused-ring (bicyclic) bond motifs is 2. The monoisotopic (exact) mass is 302 g/mol. The lowest BCUT2D eigenvalue weighted by Crippen LogP contribution is -2.20. The molecule has 1 N–H and O–H groups in total. The lowest BCUT2D eigenvalue weighted by atomic mass is 10.2. The van der Waals surface area contributed by atoms with E-state index >= 15 is 0 Å². The molecule has 4 rings (SSSR count). The number of benzene rings is 2. The summed E-state index contributed by atoms with van der Waals surface area (Å²) in [5, 5.41) is 5.97. The highest BCUT2D eigenvalue weighted by molar-refractivity contribution is 5.98. The van der Waals surface area contributed by atoms with E-state index in [0.717, 1.165) is 16.5 Å². The predicted molar refractivity (Wildman–Crippen MR) is 92.0 cm³/mol. The highest BCUT2D eigenvalue weighted by Gasteiger charge is 2.06. The van der Waals surface area contributed by atoms with E-state index in [9.17, 15) is 4.79 Å². The highest BCUT2D eigenvalue weighted by atomic mass is 16.1. The molecule has 0 aliphatic rings. The van der Waals surface area contributed by atoms with Crippen LogP contribution in [0.25, 0.3) is 21.8 Å². The van der Waals surface area contributed by atoms with Crippen molar-refractivity contribution in [2.24, 2.45) is 5.10 Å². The van der Waals surface area contributed by atoms with E-state index in [1.54, 1.807) is 19.2 Å². The highest BCUT2D eigenvalue weighted by Crippen LogP contribution is 2.16. The molecule has 0 aliphatic carbocycles. The molecule has 0 saturated carbocycles. The molecule has 0 fully saturated rings. The Bertz CT molecular complexity index is 1100. The van der Waals surface area contributed by atoms with Gasteiger partial charge in [0.15, 0.2) is 0 Å². The Morgan fingerprint density at radius 3 is 2.70 bits per heavy atom. The molecule has 2 aromatic heterocycles. The third kappa shape index (κ3) is 2.23. The minimum atomic E-state index is -0.163. The zero-order chi connectivity index (χ0) is 15.8. The maximum absolute atomic E-state index is 12.6. The number of aromatic nitrogens is 3. The molecule has 0 atom stereocenters. The number of nitrogens with zero attached hydrogens (tertiary/aromatic N) is 3. The molecule has 5 nitrogen and oxygen atoms in total. The van der Waals surface area contributed by atoms with Crippen molar-refractivity contribution >= 4 is 28.0 Å². The van der Waals surface area contributed by atoms with Gasteiger partial charge in [0.05, 0.1) is 17.1 Å². The van der Waals surface area contributed by atoms with Crippen molar-refractivity contribution in [3.05, 3.63) is 76.5 Å². The number of hydrogen-bond donors (Lipinski definition) is 1. The van der Waals surface area contributed by atoms with E-state index in [0.29, 0.717) is 16.7 Å². The molecule has 0 aliphatic heterocycles. The Morgan fingerprint density at radius 2 is 1.83 bits per heavy atom. The van der Waals surface area contributed by atoms with Gasteiger partial charge in [-0.05, 0) is 25.1 Å². The first-order chi connectivity index (χ1) is 11.2. The van der Waals surface area contributed by atoms with Crippen LogP contribution >= 0.6 is 0 Å². The Morgan fingerprint density at radius 1 is 1.09 bits per heavy atom. The third-order valence-electron chi connectivity index (χ3n) is 3.85. The minimum Gasteiger partial charge on any atom is -0.361 e. The molecule has 0 amide bonds. The van der Waals surface area contributed by atoms with Crippen molar-refractivity contribution in [2.75, 3.05) is 0 Å². The van der Waals surface area contributed by atoms with E-state index in [4.69, 9.17) is 0 Å². The van der Waals surface area contributed by atoms with Crippen LogP contribution in [0.2, 0.25) is 0 Å². The quantitative estimate of drug-likeness (QED) is 0.578. The second-order valence-electron chi connectivity index (χ2n) is 5.33. The van der Waals surface area contributed by atoms with Crippen molar-refractivity contribution < 1.29 is 0 Å². The van der Waals surface area contributed by atoms with Gasteiger partial charge in [-0.15, -0.1) is 0 Å². The summed E-state index contributed by atoms with van der Waals surface area (Å²) in [7, 11) is 0. The van der Waals surface area contributed by atoms with Crippen LogP contribution in [0.5, 0.6) is 0 Å². The molecule has 0 spiro atoms.